The van der Waals surface area contributed by atoms with E-state index in [1.165, 1.54) is 22.5 Å². The molecule has 19 heavy (non-hydrogen) atoms. The first kappa shape index (κ1) is 13.7. The molecule has 0 bridgehead atoms. The predicted molar refractivity (Wildman–Crippen MR) is 77.4 cm³/mol. The van der Waals surface area contributed by atoms with Gasteiger partial charge in [-0.3, -0.25) is 10.1 Å². The molecule has 0 aliphatic heterocycles. The lowest BCUT2D eigenvalue weighted by atomic mass is 10.1. The molecule has 0 radical (unpaired) electrons. The number of hydrogen-bond acceptors (Lipinski definition) is 4. The van der Waals surface area contributed by atoms with Gasteiger partial charge in [-0.05, 0) is 25.5 Å². The highest BCUT2D eigenvalue weighted by Gasteiger charge is 2.11. The molecule has 4 nitrogen and oxygen atoms in total. The first-order chi connectivity index (χ1) is 9.06. The Morgan fingerprint density at radius 2 is 2.16 bits per heavy atom. The van der Waals surface area contributed by atoms with Crippen molar-refractivity contribution in [2.45, 2.75) is 26.4 Å². The molecule has 1 heterocycles. The SMILES string of the molecule is Cc1cccc([C@@H](C)NCc2ccc([N+](=O)[O-])s2)c1. The monoisotopic (exact) mass is 276 g/mol. The van der Waals surface area contributed by atoms with Crippen molar-refractivity contribution in [2.24, 2.45) is 0 Å². The average molecular weight is 276 g/mol. The highest BCUT2D eigenvalue weighted by Crippen LogP contribution is 2.24. The molecule has 1 aromatic carbocycles. The maximum Gasteiger partial charge on any atom is 0.324 e. The Morgan fingerprint density at radius 1 is 1.37 bits per heavy atom. The van der Waals surface area contributed by atoms with Crippen LogP contribution in [0.5, 0.6) is 0 Å². The zero-order chi connectivity index (χ0) is 13.8. The molecule has 0 aliphatic rings. The zero-order valence-electron chi connectivity index (χ0n) is 10.9. The largest absolute Gasteiger partial charge is 0.324 e. The molecular formula is C14H16N2O2S. The van der Waals surface area contributed by atoms with Crippen LogP contribution in [0, 0.1) is 17.0 Å². The van der Waals surface area contributed by atoms with Crippen molar-refractivity contribution in [1.29, 1.82) is 0 Å². The summed E-state index contributed by atoms with van der Waals surface area (Å²) in [7, 11) is 0. The minimum atomic E-state index is -0.349. The first-order valence-electron chi connectivity index (χ1n) is 6.09. The van der Waals surface area contributed by atoms with Gasteiger partial charge in [0, 0.05) is 23.5 Å². The molecule has 0 aliphatic carbocycles. The second-order valence-electron chi connectivity index (χ2n) is 4.51. The van der Waals surface area contributed by atoms with E-state index in [0.717, 1.165) is 4.88 Å². The molecule has 2 rings (SSSR count). The van der Waals surface area contributed by atoms with Crippen molar-refractivity contribution in [3.63, 3.8) is 0 Å². The van der Waals surface area contributed by atoms with E-state index in [-0.39, 0.29) is 16.0 Å². The van der Waals surface area contributed by atoms with E-state index in [1.807, 2.05) is 6.07 Å². The van der Waals surface area contributed by atoms with E-state index in [4.69, 9.17) is 0 Å². The second kappa shape index (κ2) is 5.95. The summed E-state index contributed by atoms with van der Waals surface area (Å²) in [5.74, 6) is 0. The van der Waals surface area contributed by atoms with Gasteiger partial charge in [0.05, 0.1) is 4.92 Å². The molecule has 0 saturated heterocycles. The van der Waals surface area contributed by atoms with Crippen LogP contribution in [0.15, 0.2) is 36.4 Å². The number of thiophene rings is 1. The maximum absolute atomic E-state index is 10.6. The first-order valence-corrected chi connectivity index (χ1v) is 6.91. The Bertz CT molecular complexity index is 580. The van der Waals surface area contributed by atoms with E-state index < -0.39 is 0 Å². The number of aryl methyl sites for hydroxylation is 1. The van der Waals surface area contributed by atoms with Crippen LogP contribution in [-0.2, 0) is 6.54 Å². The zero-order valence-corrected chi connectivity index (χ0v) is 11.7. The summed E-state index contributed by atoms with van der Waals surface area (Å²) in [6.45, 7) is 4.81. The molecule has 0 saturated carbocycles. The smallest absolute Gasteiger partial charge is 0.305 e. The summed E-state index contributed by atoms with van der Waals surface area (Å²) in [5, 5.41) is 14.2. The molecule has 0 unspecified atom stereocenters. The van der Waals surface area contributed by atoms with Gasteiger partial charge in [-0.15, -0.1) is 0 Å². The van der Waals surface area contributed by atoms with Crippen LogP contribution < -0.4 is 5.32 Å². The van der Waals surface area contributed by atoms with Gasteiger partial charge < -0.3 is 5.32 Å². The third-order valence-corrected chi connectivity index (χ3v) is 3.99. The normalized spacial score (nSPS) is 12.3. The van der Waals surface area contributed by atoms with Gasteiger partial charge in [-0.1, -0.05) is 41.2 Å². The standard InChI is InChI=1S/C14H16N2O2S/c1-10-4-3-5-12(8-10)11(2)15-9-13-6-7-14(19-13)16(17)18/h3-8,11,15H,9H2,1-2H3/t11-/m1/s1. The van der Waals surface area contributed by atoms with Crippen molar-refractivity contribution in [1.82, 2.24) is 5.32 Å². The molecule has 1 N–H and O–H groups in total. The lowest BCUT2D eigenvalue weighted by molar-refractivity contribution is -0.380. The number of benzene rings is 1. The molecule has 100 valence electrons. The van der Waals surface area contributed by atoms with Crippen LogP contribution in [0.25, 0.3) is 0 Å². The Kier molecular flexibility index (Phi) is 4.29. The summed E-state index contributed by atoms with van der Waals surface area (Å²) in [4.78, 5) is 11.2. The average Bonchev–Trinajstić information content (AvgIpc) is 2.85. The van der Waals surface area contributed by atoms with E-state index in [9.17, 15) is 10.1 Å². The summed E-state index contributed by atoms with van der Waals surface area (Å²) in [6.07, 6.45) is 0. The quantitative estimate of drug-likeness (QED) is 0.667. The number of rotatable bonds is 5. The fraction of sp³-hybridized carbons (Fsp3) is 0.286. The third-order valence-electron chi connectivity index (χ3n) is 2.95. The molecule has 1 atom stereocenters. The summed E-state index contributed by atoms with van der Waals surface area (Å²) in [5.41, 5.74) is 2.46. The van der Waals surface area contributed by atoms with Crippen LogP contribution in [0.3, 0.4) is 0 Å². The predicted octanol–water partition coefficient (Wildman–Crippen LogP) is 3.82. The second-order valence-corrected chi connectivity index (χ2v) is 5.66. The van der Waals surface area contributed by atoms with Gasteiger partial charge in [-0.2, -0.15) is 0 Å². The Morgan fingerprint density at radius 3 is 2.79 bits per heavy atom. The van der Waals surface area contributed by atoms with Gasteiger partial charge in [0.2, 0.25) is 0 Å². The Labute approximate surface area is 116 Å². The van der Waals surface area contributed by atoms with Crippen molar-refractivity contribution >= 4 is 16.3 Å². The molecule has 5 heteroatoms. The van der Waals surface area contributed by atoms with E-state index in [2.05, 4.69) is 37.4 Å². The van der Waals surface area contributed by atoms with E-state index >= 15 is 0 Å². The van der Waals surface area contributed by atoms with E-state index in [1.54, 1.807) is 12.1 Å². The molecule has 0 amide bonds. The van der Waals surface area contributed by atoms with Crippen LogP contribution in [-0.4, -0.2) is 4.92 Å². The topological polar surface area (TPSA) is 55.2 Å². The lowest BCUT2D eigenvalue weighted by Gasteiger charge is -2.14. The van der Waals surface area contributed by atoms with Gasteiger partial charge in [-0.25, -0.2) is 0 Å². The number of nitrogens with zero attached hydrogens (tertiary/aromatic N) is 1. The molecular weight excluding hydrogens is 260 g/mol. The number of nitrogens with one attached hydrogen (secondary N) is 1. The minimum Gasteiger partial charge on any atom is -0.305 e. The number of hydrogen-bond donors (Lipinski definition) is 1. The fourth-order valence-corrected chi connectivity index (χ4v) is 2.64. The van der Waals surface area contributed by atoms with Crippen molar-refractivity contribution in [3.05, 3.63) is 62.5 Å². The van der Waals surface area contributed by atoms with Crippen molar-refractivity contribution < 1.29 is 4.92 Å². The van der Waals surface area contributed by atoms with Gasteiger partial charge >= 0.3 is 5.00 Å². The molecule has 0 fully saturated rings. The maximum atomic E-state index is 10.6. The van der Waals surface area contributed by atoms with Gasteiger partial charge in [0.25, 0.3) is 0 Å². The van der Waals surface area contributed by atoms with Gasteiger partial charge in [0.15, 0.2) is 0 Å². The van der Waals surface area contributed by atoms with Crippen molar-refractivity contribution in [2.75, 3.05) is 0 Å². The molecule has 0 spiro atoms. The van der Waals surface area contributed by atoms with Crippen LogP contribution in [0.2, 0.25) is 0 Å². The minimum absolute atomic E-state index is 0.194. The van der Waals surface area contributed by atoms with E-state index in [0.29, 0.717) is 6.54 Å². The van der Waals surface area contributed by atoms with Crippen LogP contribution in [0.1, 0.15) is 29.0 Å². The van der Waals surface area contributed by atoms with Gasteiger partial charge in [0.1, 0.15) is 0 Å². The van der Waals surface area contributed by atoms with Crippen LogP contribution in [0.4, 0.5) is 5.00 Å². The fourth-order valence-electron chi connectivity index (χ4n) is 1.87. The lowest BCUT2D eigenvalue weighted by Crippen LogP contribution is -2.17. The Balaban J connectivity index is 1.96. The molecule has 2 aromatic rings. The van der Waals surface area contributed by atoms with Crippen LogP contribution >= 0.6 is 11.3 Å². The third kappa shape index (κ3) is 3.62. The highest BCUT2D eigenvalue weighted by molar-refractivity contribution is 7.15. The summed E-state index contributed by atoms with van der Waals surface area (Å²) in [6, 6.07) is 11.9. The summed E-state index contributed by atoms with van der Waals surface area (Å²) < 4.78 is 0. The molecule has 1 aromatic heterocycles. The highest BCUT2D eigenvalue weighted by atomic mass is 32.1. The summed E-state index contributed by atoms with van der Waals surface area (Å²) >= 11 is 1.22. The Hall–Kier alpha value is -1.72. The number of nitro groups is 1. The van der Waals surface area contributed by atoms with Crippen molar-refractivity contribution in [3.8, 4) is 0 Å².